The molecule has 200 valence electrons. The zero-order chi connectivity index (χ0) is 28.1. The van der Waals surface area contributed by atoms with Crippen LogP contribution >= 0.6 is 0 Å². The molecule has 2 amide bonds. The molecule has 0 saturated carbocycles. The van der Waals surface area contributed by atoms with Gasteiger partial charge < -0.3 is 4.74 Å². The minimum absolute atomic E-state index is 0.242. The topological polar surface area (TPSA) is 55.4 Å². The molecule has 0 bridgehead atoms. The number of alkyl halides is 13. The van der Waals surface area contributed by atoms with Gasteiger partial charge >= 0.3 is 30.4 Å². The monoisotopic (exact) mass is 547 g/mol. The number of hydrogen-bond donors (Lipinski definition) is 1. The van der Waals surface area contributed by atoms with Crippen LogP contribution < -0.4 is 10.1 Å². The van der Waals surface area contributed by atoms with E-state index in [-0.39, 0.29) is 11.1 Å². The number of hydrogen-bond acceptors (Lipinski definition) is 3. The number of halogens is 13. The standard InChI is InChI=1S/C19H10F13NO3/c1-7(16(21,22)23)12(17(24,25)26)13(15(20,18(27,28)29)19(30,31)32)36-9-4-2-8(3-5-9)10-6-11(34)33-14(10)35/h2-7H,1H3,(H,33,34,35)/b13-12-. The van der Waals surface area contributed by atoms with E-state index in [1.807, 2.05) is 0 Å². The van der Waals surface area contributed by atoms with E-state index in [1.165, 1.54) is 0 Å². The molecule has 1 aromatic carbocycles. The molecule has 0 fully saturated rings. The molecule has 1 unspecified atom stereocenters. The molecule has 1 aliphatic rings. The third-order valence-electron chi connectivity index (χ3n) is 4.71. The quantitative estimate of drug-likeness (QED) is 0.282. The maximum absolute atomic E-state index is 14.7. The number of allylic oxidation sites excluding steroid dienone is 2. The van der Waals surface area contributed by atoms with Crippen LogP contribution in [0.1, 0.15) is 12.5 Å². The Kier molecular flexibility index (Phi) is 7.23. The summed E-state index contributed by atoms with van der Waals surface area (Å²) < 4.78 is 178. The summed E-state index contributed by atoms with van der Waals surface area (Å²) in [4.78, 5) is 22.8. The molecule has 4 nitrogen and oxygen atoms in total. The minimum Gasteiger partial charge on any atom is -0.457 e. The van der Waals surface area contributed by atoms with Gasteiger partial charge in [-0.05, 0) is 24.6 Å². The van der Waals surface area contributed by atoms with E-state index in [1.54, 1.807) is 5.32 Å². The molecule has 0 aliphatic carbocycles. The van der Waals surface area contributed by atoms with Crippen molar-refractivity contribution in [2.75, 3.05) is 0 Å². The van der Waals surface area contributed by atoms with Crippen LogP contribution in [0.2, 0.25) is 0 Å². The lowest BCUT2D eigenvalue weighted by Gasteiger charge is -2.35. The average molecular weight is 547 g/mol. The highest BCUT2D eigenvalue weighted by Gasteiger charge is 2.78. The van der Waals surface area contributed by atoms with Gasteiger partial charge in [0.25, 0.3) is 11.8 Å². The van der Waals surface area contributed by atoms with Gasteiger partial charge in [-0.1, -0.05) is 12.1 Å². The number of carbonyl (C=O) groups is 2. The number of benzene rings is 1. The highest BCUT2D eigenvalue weighted by Crippen LogP contribution is 2.55. The van der Waals surface area contributed by atoms with E-state index >= 15 is 0 Å². The van der Waals surface area contributed by atoms with Crippen molar-refractivity contribution < 1.29 is 71.4 Å². The second-order valence-corrected chi connectivity index (χ2v) is 7.16. The molecule has 1 aromatic rings. The summed E-state index contributed by atoms with van der Waals surface area (Å²) in [5.41, 5.74) is -11.3. The molecule has 1 heterocycles. The first-order valence-electron chi connectivity index (χ1n) is 9.08. The average Bonchev–Trinajstić information content (AvgIpc) is 3.01. The fourth-order valence-corrected chi connectivity index (χ4v) is 2.91. The first kappa shape index (κ1) is 29.0. The van der Waals surface area contributed by atoms with E-state index in [0.717, 1.165) is 6.08 Å². The lowest BCUT2D eigenvalue weighted by atomic mass is 9.90. The number of ether oxygens (including phenoxy) is 1. The Hall–Kier alpha value is -3.27. The summed E-state index contributed by atoms with van der Waals surface area (Å²) in [6, 6.07) is 2.04. The van der Waals surface area contributed by atoms with Crippen molar-refractivity contribution >= 4 is 17.4 Å². The fraction of sp³-hybridized carbons (Fsp3) is 0.368. The van der Waals surface area contributed by atoms with Gasteiger partial charge in [-0.15, -0.1) is 0 Å². The van der Waals surface area contributed by atoms with Gasteiger partial charge in [0, 0.05) is 6.08 Å². The van der Waals surface area contributed by atoms with Crippen LogP contribution in [0.4, 0.5) is 57.1 Å². The van der Waals surface area contributed by atoms with Crippen molar-refractivity contribution in [3.63, 3.8) is 0 Å². The van der Waals surface area contributed by atoms with Gasteiger partial charge in [0.1, 0.15) is 5.75 Å². The number of imide groups is 1. The smallest absolute Gasteiger partial charge is 0.439 e. The van der Waals surface area contributed by atoms with Crippen molar-refractivity contribution in [2.24, 2.45) is 5.92 Å². The molecule has 36 heavy (non-hydrogen) atoms. The molecule has 2 rings (SSSR count). The predicted molar refractivity (Wildman–Crippen MR) is 92.4 cm³/mol. The summed E-state index contributed by atoms with van der Waals surface area (Å²) in [6.07, 6.45) is -26.4. The summed E-state index contributed by atoms with van der Waals surface area (Å²) in [6.45, 7) is -0.426. The van der Waals surface area contributed by atoms with E-state index in [9.17, 15) is 66.7 Å². The van der Waals surface area contributed by atoms with Crippen molar-refractivity contribution in [3.05, 3.63) is 47.2 Å². The first-order chi connectivity index (χ1) is 16.0. The van der Waals surface area contributed by atoms with Crippen molar-refractivity contribution in [2.45, 2.75) is 37.3 Å². The van der Waals surface area contributed by atoms with E-state index in [4.69, 9.17) is 0 Å². The third-order valence-corrected chi connectivity index (χ3v) is 4.71. The maximum atomic E-state index is 14.7. The highest BCUT2D eigenvalue weighted by molar-refractivity contribution is 6.33. The third kappa shape index (κ3) is 5.43. The number of nitrogens with one attached hydrogen (secondary N) is 1. The van der Waals surface area contributed by atoms with Crippen molar-refractivity contribution in [1.82, 2.24) is 5.32 Å². The van der Waals surface area contributed by atoms with Crippen LogP contribution in [0.15, 0.2) is 41.7 Å². The molecule has 1 atom stereocenters. The lowest BCUT2D eigenvalue weighted by Crippen LogP contribution is -2.57. The summed E-state index contributed by atoms with van der Waals surface area (Å²) in [5.74, 6) is -11.1. The van der Waals surface area contributed by atoms with Gasteiger partial charge in [0.2, 0.25) is 0 Å². The first-order valence-corrected chi connectivity index (χ1v) is 9.08. The SMILES string of the molecule is CC(/C(=C(/Oc1ccc(C2=CC(=O)NC2=O)cc1)C(F)(C(F)(F)F)C(F)(F)F)C(F)(F)F)C(F)(F)F. The second kappa shape index (κ2) is 8.99. The maximum Gasteiger partial charge on any atom is 0.439 e. The van der Waals surface area contributed by atoms with Crippen LogP contribution in [-0.4, -0.2) is 42.2 Å². The van der Waals surface area contributed by atoms with E-state index in [2.05, 4.69) is 4.74 Å². The minimum atomic E-state index is -7.25. The molecule has 0 spiro atoms. The molecule has 1 aliphatic heterocycles. The van der Waals surface area contributed by atoms with Crippen LogP contribution in [0.25, 0.3) is 5.57 Å². The number of rotatable bonds is 5. The van der Waals surface area contributed by atoms with Crippen molar-refractivity contribution in [1.29, 1.82) is 0 Å². The zero-order valence-corrected chi connectivity index (χ0v) is 17.1. The van der Waals surface area contributed by atoms with Crippen molar-refractivity contribution in [3.8, 4) is 5.75 Å². The van der Waals surface area contributed by atoms with Crippen LogP contribution in [0, 0.1) is 5.92 Å². The molecular formula is C19H10F13NO3. The predicted octanol–water partition coefficient (Wildman–Crippen LogP) is 5.95. The number of carbonyl (C=O) groups excluding carboxylic acids is 2. The van der Waals surface area contributed by atoms with Crippen LogP contribution in [0.5, 0.6) is 5.75 Å². The fourth-order valence-electron chi connectivity index (χ4n) is 2.91. The van der Waals surface area contributed by atoms with E-state index < -0.39 is 72.1 Å². The summed E-state index contributed by atoms with van der Waals surface area (Å²) in [7, 11) is 0. The van der Waals surface area contributed by atoms with Gasteiger partial charge in [-0.25, -0.2) is 4.39 Å². The Morgan fingerprint density at radius 1 is 0.806 bits per heavy atom. The Bertz CT molecular complexity index is 1080. The summed E-state index contributed by atoms with van der Waals surface area (Å²) >= 11 is 0. The van der Waals surface area contributed by atoms with Gasteiger partial charge in [0.05, 0.1) is 17.1 Å². The lowest BCUT2D eigenvalue weighted by molar-refractivity contribution is -0.334. The molecule has 0 saturated heterocycles. The Balaban J connectivity index is 2.82. The Labute approximate surface area is 191 Å². The van der Waals surface area contributed by atoms with E-state index in [0.29, 0.717) is 24.3 Å². The molecule has 0 radical (unpaired) electrons. The molecule has 17 heteroatoms. The molecular weight excluding hydrogens is 537 g/mol. The van der Waals surface area contributed by atoms with Crippen LogP contribution in [-0.2, 0) is 9.59 Å². The highest BCUT2D eigenvalue weighted by atomic mass is 19.4. The Morgan fingerprint density at radius 3 is 1.61 bits per heavy atom. The summed E-state index contributed by atoms with van der Waals surface area (Å²) in [5, 5.41) is 1.78. The van der Waals surface area contributed by atoms with Gasteiger partial charge in [-0.2, -0.15) is 52.7 Å². The van der Waals surface area contributed by atoms with Gasteiger partial charge in [0.15, 0.2) is 5.76 Å². The Morgan fingerprint density at radius 2 is 1.28 bits per heavy atom. The molecule has 1 N–H and O–H groups in total. The largest absolute Gasteiger partial charge is 0.457 e. The van der Waals surface area contributed by atoms with Crippen LogP contribution in [0.3, 0.4) is 0 Å². The normalized spacial score (nSPS) is 17.4. The van der Waals surface area contributed by atoms with Gasteiger partial charge in [-0.3, -0.25) is 14.9 Å². The molecule has 0 aromatic heterocycles. The zero-order valence-electron chi connectivity index (χ0n) is 17.1. The second-order valence-electron chi connectivity index (χ2n) is 7.16. The number of amides is 2.